The van der Waals surface area contributed by atoms with E-state index in [-0.39, 0.29) is 0 Å². The zero-order chi connectivity index (χ0) is 25.5. The molecule has 0 aliphatic carbocycles. The Bertz CT molecular complexity index is 1240. The fourth-order valence-electron chi connectivity index (χ4n) is 4.55. The Hall–Kier alpha value is -2.07. The minimum Gasteiger partial charge on any atom is -0.494 e. The summed E-state index contributed by atoms with van der Waals surface area (Å²) in [6.45, 7) is 10.0. The lowest BCUT2D eigenvalue weighted by molar-refractivity contribution is 0.141. The SMILES string of the molecule is CCOCCCn1c(SCc2ccc(OCC)cc2)nc2cc(S(=O)(=O)N3CCCC(C)C3)ccc21. The molecule has 1 saturated heterocycles. The van der Waals surface area contributed by atoms with Crippen molar-refractivity contribution in [1.29, 1.82) is 0 Å². The van der Waals surface area contributed by atoms with Gasteiger partial charge in [0.25, 0.3) is 0 Å². The molecule has 0 spiro atoms. The zero-order valence-corrected chi connectivity index (χ0v) is 23.1. The number of hydrogen-bond acceptors (Lipinski definition) is 6. The first-order valence-electron chi connectivity index (χ1n) is 12.8. The number of ether oxygens (including phenoxy) is 2. The summed E-state index contributed by atoms with van der Waals surface area (Å²) in [6, 6.07) is 13.5. The fourth-order valence-corrected chi connectivity index (χ4v) is 7.17. The van der Waals surface area contributed by atoms with Crippen molar-refractivity contribution in [3.05, 3.63) is 48.0 Å². The standard InChI is InChI=1S/C27H37N3O4S2/c1-4-33-17-7-16-30-26-14-13-24(36(31,32)29-15-6-8-21(3)19-29)18-25(26)28-27(30)35-20-22-9-11-23(12-10-22)34-5-2/h9-14,18,21H,4-8,15-17,19-20H2,1-3H3. The van der Waals surface area contributed by atoms with E-state index >= 15 is 0 Å². The largest absolute Gasteiger partial charge is 0.494 e. The summed E-state index contributed by atoms with van der Waals surface area (Å²) in [5, 5.41) is 0.886. The highest BCUT2D eigenvalue weighted by Crippen LogP contribution is 2.31. The van der Waals surface area contributed by atoms with Gasteiger partial charge in [-0.25, -0.2) is 13.4 Å². The zero-order valence-electron chi connectivity index (χ0n) is 21.5. The molecule has 3 aromatic rings. The van der Waals surface area contributed by atoms with Crippen LogP contribution in [0.5, 0.6) is 5.75 Å². The van der Waals surface area contributed by atoms with Crippen LogP contribution in [0.15, 0.2) is 52.5 Å². The molecule has 2 aromatic carbocycles. The van der Waals surface area contributed by atoms with E-state index in [1.165, 1.54) is 5.56 Å². The first-order chi connectivity index (χ1) is 17.4. The van der Waals surface area contributed by atoms with E-state index < -0.39 is 10.0 Å². The number of imidazole rings is 1. The van der Waals surface area contributed by atoms with Crippen LogP contribution in [-0.2, 0) is 27.1 Å². The fraction of sp³-hybridized carbons (Fsp3) is 0.519. The van der Waals surface area contributed by atoms with Crippen molar-refractivity contribution in [2.45, 2.75) is 62.4 Å². The van der Waals surface area contributed by atoms with E-state index in [9.17, 15) is 8.42 Å². The quantitative estimate of drug-likeness (QED) is 0.225. The van der Waals surface area contributed by atoms with E-state index in [4.69, 9.17) is 14.5 Å². The second-order valence-electron chi connectivity index (χ2n) is 9.22. The number of rotatable bonds is 12. The number of benzene rings is 2. The predicted octanol–water partition coefficient (Wildman–Crippen LogP) is 5.57. The molecule has 9 heteroatoms. The second kappa shape index (κ2) is 12.4. The number of aromatic nitrogens is 2. The summed E-state index contributed by atoms with van der Waals surface area (Å²) in [4.78, 5) is 5.21. The summed E-state index contributed by atoms with van der Waals surface area (Å²) < 4.78 is 41.6. The van der Waals surface area contributed by atoms with Gasteiger partial charge in [-0.15, -0.1) is 0 Å². The van der Waals surface area contributed by atoms with E-state index in [0.717, 1.165) is 48.0 Å². The lowest BCUT2D eigenvalue weighted by atomic mass is 10.0. The van der Waals surface area contributed by atoms with Crippen LogP contribution in [0, 0.1) is 5.92 Å². The average Bonchev–Trinajstić information content (AvgIpc) is 3.23. The summed E-state index contributed by atoms with van der Waals surface area (Å²) in [5.41, 5.74) is 2.84. The van der Waals surface area contributed by atoms with Crippen LogP contribution in [0.2, 0.25) is 0 Å². The number of thioether (sulfide) groups is 1. The van der Waals surface area contributed by atoms with E-state index in [1.807, 2.05) is 32.0 Å². The number of hydrogen-bond donors (Lipinski definition) is 0. The number of fused-ring (bicyclic) bond motifs is 1. The lowest BCUT2D eigenvalue weighted by Gasteiger charge is -2.30. The van der Waals surface area contributed by atoms with Crippen molar-refractivity contribution in [3.8, 4) is 5.75 Å². The van der Waals surface area contributed by atoms with E-state index in [0.29, 0.717) is 49.2 Å². The number of sulfonamides is 1. The molecule has 1 atom stereocenters. The minimum atomic E-state index is -3.53. The average molecular weight is 532 g/mol. The van der Waals surface area contributed by atoms with Gasteiger partial charge in [0.2, 0.25) is 10.0 Å². The first-order valence-corrected chi connectivity index (χ1v) is 15.3. The highest BCUT2D eigenvalue weighted by molar-refractivity contribution is 7.98. The normalized spacial score (nSPS) is 17.0. The first kappa shape index (κ1) is 27.0. The van der Waals surface area contributed by atoms with Crippen molar-refractivity contribution in [1.82, 2.24) is 13.9 Å². The molecule has 0 N–H and O–H groups in total. The molecule has 0 saturated carbocycles. The molecule has 0 bridgehead atoms. The predicted molar refractivity (Wildman–Crippen MR) is 145 cm³/mol. The molecular formula is C27H37N3O4S2. The lowest BCUT2D eigenvalue weighted by Crippen LogP contribution is -2.39. The van der Waals surface area contributed by atoms with Crippen LogP contribution in [0.3, 0.4) is 0 Å². The molecule has 1 aliphatic heterocycles. The van der Waals surface area contributed by atoms with E-state index in [1.54, 1.807) is 28.2 Å². The van der Waals surface area contributed by atoms with Gasteiger partial charge in [0.1, 0.15) is 5.75 Å². The third kappa shape index (κ3) is 6.43. The molecule has 1 unspecified atom stereocenters. The topological polar surface area (TPSA) is 73.7 Å². The minimum absolute atomic E-state index is 0.325. The van der Waals surface area contributed by atoms with Crippen LogP contribution in [0.4, 0.5) is 0 Å². The van der Waals surface area contributed by atoms with Gasteiger partial charge in [-0.2, -0.15) is 4.31 Å². The molecular weight excluding hydrogens is 494 g/mol. The third-order valence-corrected chi connectivity index (χ3v) is 9.33. The monoisotopic (exact) mass is 531 g/mol. The maximum absolute atomic E-state index is 13.4. The Kier molecular flexibility index (Phi) is 9.33. The smallest absolute Gasteiger partial charge is 0.243 e. The van der Waals surface area contributed by atoms with Gasteiger partial charge in [-0.1, -0.05) is 30.8 Å². The Balaban J connectivity index is 1.59. The molecule has 1 aromatic heterocycles. The number of piperidine rings is 1. The van der Waals surface area contributed by atoms with Crippen LogP contribution in [-0.4, -0.2) is 55.2 Å². The molecule has 4 rings (SSSR count). The van der Waals surface area contributed by atoms with Gasteiger partial charge in [-0.3, -0.25) is 0 Å². The van der Waals surface area contributed by atoms with Gasteiger partial charge < -0.3 is 14.0 Å². The van der Waals surface area contributed by atoms with Gasteiger partial charge >= 0.3 is 0 Å². The number of nitrogens with zero attached hydrogens (tertiary/aromatic N) is 3. The summed E-state index contributed by atoms with van der Waals surface area (Å²) in [6.07, 6.45) is 2.84. The van der Waals surface area contributed by atoms with Crippen molar-refractivity contribution < 1.29 is 17.9 Å². The van der Waals surface area contributed by atoms with Crippen LogP contribution in [0.25, 0.3) is 11.0 Å². The molecule has 36 heavy (non-hydrogen) atoms. The van der Waals surface area contributed by atoms with Gasteiger partial charge in [0.05, 0.1) is 22.5 Å². The van der Waals surface area contributed by atoms with Crippen LogP contribution in [0.1, 0.15) is 45.6 Å². The number of aryl methyl sites for hydroxylation is 1. The molecule has 1 fully saturated rings. The van der Waals surface area contributed by atoms with Crippen LogP contribution < -0.4 is 4.74 Å². The molecule has 196 valence electrons. The Morgan fingerprint density at radius 1 is 1.11 bits per heavy atom. The molecule has 0 radical (unpaired) electrons. The Labute approximate surface area is 219 Å². The van der Waals surface area contributed by atoms with Crippen molar-refractivity contribution in [2.75, 3.05) is 32.9 Å². The highest BCUT2D eigenvalue weighted by atomic mass is 32.2. The summed E-state index contributed by atoms with van der Waals surface area (Å²) in [5.74, 6) is 2.01. The maximum atomic E-state index is 13.4. The summed E-state index contributed by atoms with van der Waals surface area (Å²) >= 11 is 1.66. The summed E-state index contributed by atoms with van der Waals surface area (Å²) in [7, 11) is -3.53. The highest BCUT2D eigenvalue weighted by Gasteiger charge is 2.29. The van der Waals surface area contributed by atoms with Gasteiger partial charge in [0.15, 0.2) is 5.16 Å². The van der Waals surface area contributed by atoms with E-state index in [2.05, 4.69) is 23.6 Å². The third-order valence-electron chi connectivity index (χ3n) is 6.42. The maximum Gasteiger partial charge on any atom is 0.243 e. The Morgan fingerprint density at radius 3 is 2.64 bits per heavy atom. The Morgan fingerprint density at radius 2 is 1.92 bits per heavy atom. The van der Waals surface area contributed by atoms with Crippen molar-refractivity contribution in [2.24, 2.45) is 5.92 Å². The van der Waals surface area contributed by atoms with Gasteiger partial charge in [-0.05, 0) is 74.9 Å². The van der Waals surface area contributed by atoms with Crippen molar-refractivity contribution >= 4 is 32.8 Å². The molecule has 7 nitrogen and oxygen atoms in total. The molecule has 1 aliphatic rings. The molecule has 0 amide bonds. The van der Waals surface area contributed by atoms with Crippen LogP contribution >= 0.6 is 11.8 Å². The second-order valence-corrected chi connectivity index (χ2v) is 12.1. The molecule has 2 heterocycles. The van der Waals surface area contributed by atoms with Gasteiger partial charge in [0, 0.05) is 38.6 Å². The van der Waals surface area contributed by atoms with Crippen molar-refractivity contribution in [3.63, 3.8) is 0 Å².